The quantitative estimate of drug-likeness (QED) is 0.775. The van der Waals surface area contributed by atoms with Crippen LogP contribution in [0.1, 0.15) is 0 Å². The first-order chi connectivity index (χ1) is 10.2. The van der Waals surface area contributed by atoms with E-state index < -0.39 is 0 Å². The summed E-state index contributed by atoms with van der Waals surface area (Å²) in [6.07, 6.45) is 0. The highest BCUT2D eigenvalue weighted by molar-refractivity contribution is 6.32. The predicted molar refractivity (Wildman–Crippen MR) is 83.8 cm³/mol. The number of benzene rings is 2. The number of nitrogens with zero attached hydrogens (tertiary/aromatic N) is 2. The fourth-order valence-electron chi connectivity index (χ4n) is 2.08. The molecule has 0 amide bonds. The molecule has 3 rings (SSSR count). The lowest BCUT2D eigenvalue weighted by molar-refractivity contribution is 0.415. The number of halogens is 2. The van der Waals surface area contributed by atoms with Gasteiger partial charge in [0.05, 0.1) is 12.1 Å². The number of ether oxygens (including phenoxy) is 1. The van der Waals surface area contributed by atoms with E-state index in [1.807, 2.05) is 30.3 Å². The third-order valence-electron chi connectivity index (χ3n) is 3.07. The molecule has 0 aliphatic carbocycles. The third-order valence-corrected chi connectivity index (χ3v) is 3.60. The molecule has 1 heterocycles. The summed E-state index contributed by atoms with van der Waals surface area (Å²) in [6.45, 7) is 0. The van der Waals surface area contributed by atoms with Gasteiger partial charge in [0.1, 0.15) is 17.1 Å². The topological polar surface area (TPSA) is 50.8 Å². The Balaban J connectivity index is 2.09. The van der Waals surface area contributed by atoms with Gasteiger partial charge < -0.3 is 4.74 Å². The van der Waals surface area contributed by atoms with Gasteiger partial charge in [0.15, 0.2) is 0 Å². The van der Waals surface area contributed by atoms with Crippen molar-refractivity contribution in [3.63, 3.8) is 0 Å². The molecule has 0 saturated heterocycles. The van der Waals surface area contributed by atoms with Crippen LogP contribution >= 0.6 is 23.2 Å². The smallest absolute Gasteiger partial charge is 0.137 e. The van der Waals surface area contributed by atoms with Crippen LogP contribution in [-0.2, 0) is 0 Å². The van der Waals surface area contributed by atoms with Crippen LogP contribution in [0.4, 0.5) is 0 Å². The van der Waals surface area contributed by atoms with Crippen molar-refractivity contribution in [2.75, 3.05) is 7.11 Å². The standard InChI is InChI=1S/C15H11Cl2N3O/c1-21-13-6-5-10(8-12(13)17)15-14(18-20-19-15)9-3-2-4-11(16)7-9/h2-8H,1H3,(H,18,19,20). The molecule has 1 aromatic heterocycles. The summed E-state index contributed by atoms with van der Waals surface area (Å²) in [6, 6.07) is 12.9. The molecule has 0 atom stereocenters. The minimum absolute atomic E-state index is 0.523. The van der Waals surface area contributed by atoms with Crippen LogP contribution in [0.3, 0.4) is 0 Å². The van der Waals surface area contributed by atoms with E-state index in [0.29, 0.717) is 21.5 Å². The Bertz CT molecular complexity index is 786. The zero-order valence-electron chi connectivity index (χ0n) is 11.1. The van der Waals surface area contributed by atoms with Crippen LogP contribution < -0.4 is 4.74 Å². The number of hydrogen-bond acceptors (Lipinski definition) is 3. The van der Waals surface area contributed by atoms with E-state index in [1.54, 1.807) is 19.2 Å². The molecule has 0 spiro atoms. The lowest BCUT2D eigenvalue weighted by Gasteiger charge is -2.06. The van der Waals surface area contributed by atoms with Gasteiger partial charge in [-0.05, 0) is 30.3 Å². The van der Waals surface area contributed by atoms with Crippen LogP contribution in [0, 0.1) is 0 Å². The van der Waals surface area contributed by atoms with Crippen molar-refractivity contribution in [1.82, 2.24) is 15.4 Å². The Hall–Kier alpha value is -2.04. The summed E-state index contributed by atoms with van der Waals surface area (Å²) in [5, 5.41) is 12.2. The zero-order valence-corrected chi connectivity index (χ0v) is 12.6. The van der Waals surface area contributed by atoms with E-state index in [9.17, 15) is 0 Å². The van der Waals surface area contributed by atoms with E-state index in [-0.39, 0.29) is 0 Å². The van der Waals surface area contributed by atoms with Crippen molar-refractivity contribution in [2.45, 2.75) is 0 Å². The minimum atomic E-state index is 0.523. The second-order valence-corrected chi connectivity index (χ2v) is 5.22. The number of rotatable bonds is 3. The molecule has 0 unspecified atom stereocenters. The van der Waals surface area contributed by atoms with E-state index >= 15 is 0 Å². The first-order valence-electron chi connectivity index (χ1n) is 6.19. The summed E-state index contributed by atoms with van der Waals surface area (Å²) in [5.74, 6) is 0.619. The average molecular weight is 320 g/mol. The van der Waals surface area contributed by atoms with Gasteiger partial charge in [0, 0.05) is 16.1 Å². The largest absolute Gasteiger partial charge is 0.495 e. The number of aromatic amines is 1. The van der Waals surface area contributed by atoms with Crippen molar-refractivity contribution in [3.8, 4) is 28.3 Å². The van der Waals surface area contributed by atoms with Gasteiger partial charge >= 0.3 is 0 Å². The van der Waals surface area contributed by atoms with Gasteiger partial charge in [0.2, 0.25) is 0 Å². The van der Waals surface area contributed by atoms with Crippen LogP contribution in [0.25, 0.3) is 22.5 Å². The molecule has 3 aromatic rings. The monoisotopic (exact) mass is 319 g/mol. The van der Waals surface area contributed by atoms with E-state index in [0.717, 1.165) is 16.8 Å². The first-order valence-corrected chi connectivity index (χ1v) is 6.95. The fraction of sp³-hybridized carbons (Fsp3) is 0.0667. The van der Waals surface area contributed by atoms with Crippen LogP contribution in [-0.4, -0.2) is 22.5 Å². The van der Waals surface area contributed by atoms with Gasteiger partial charge in [0.25, 0.3) is 0 Å². The Labute approximate surface area is 131 Å². The molecule has 21 heavy (non-hydrogen) atoms. The predicted octanol–water partition coefficient (Wildman–Crippen LogP) is 4.45. The third kappa shape index (κ3) is 2.73. The Morgan fingerprint density at radius 2 is 1.67 bits per heavy atom. The molecule has 0 saturated carbocycles. The van der Waals surface area contributed by atoms with Gasteiger partial charge in [-0.1, -0.05) is 35.3 Å². The molecule has 0 aliphatic rings. The maximum absolute atomic E-state index is 6.17. The van der Waals surface area contributed by atoms with Crippen molar-refractivity contribution in [2.24, 2.45) is 0 Å². The van der Waals surface area contributed by atoms with E-state index in [4.69, 9.17) is 27.9 Å². The summed E-state index contributed by atoms with van der Waals surface area (Å²) in [7, 11) is 1.58. The fourth-order valence-corrected chi connectivity index (χ4v) is 2.53. The number of H-pyrrole nitrogens is 1. The first kappa shape index (κ1) is 13.9. The molecular weight excluding hydrogens is 309 g/mol. The highest BCUT2D eigenvalue weighted by atomic mass is 35.5. The van der Waals surface area contributed by atoms with Gasteiger partial charge in [-0.3, -0.25) is 0 Å². The lowest BCUT2D eigenvalue weighted by Crippen LogP contribution is -1.87. The molecule has 0 fully saturated rings. The summed E-state index contributed by atoms with van der Waals surface area (Å²) in [5.41, 5.74) is 3.17. The molecule has 0 aliphatic heterocycles. The highest BCUT2D eigenvalue weighted by Gasteiger charge is 2.14. The number of hydrogen-bond donors (Lipinski definition) is 1. The van der Waals surface area contributed by atoms with Crippen molar-refractivity contribution < 1.29 is 4.74 Å². The van der Waals surface area contributed by atoms with Crippen molar-refractivity contribution in [3.05, 3.63) is 52.5 Å². The number of methoxy groups -OCH3 is 1. The van der Waals surface area contributed by atoms with Crippen LogP contribution in [0.2, 0.25) is 10.0 Å². The lowest BCUT2D eigenvalue weighted by atomic mass is 10.0. The van der Waals surface area contributed by atoms with Crippen molar-refractivity contribution >= 4 is 23.2 Å². The normalized spacial score (nSPS) is 10.6. The molecular formula is C15H11Cl2N3O. The van der Waals surface area contributed by atoms with Crippen LogP contribution in [0.5, 0.6) is 5.75 Å². The molecule has 4 nitrogen and oxygen atoms in total. The Morgan fingerprint density at radius 1 is 0.952 bits per heavy atom. The van der Waals surface area contributed by atoms with Gasteiger partial charge in [-0.25, -0.2) is 0 Å². The maximum atomic E-state index is 6.17. The van der Waals surface area contributed by atoms with E-state index in [1.165, 1.54) is 0 Å². The molecule has 6 heteroatoms. The molecule has 1 N–H and O–H groups in total. The van der Waals surface area contributed by atoms with Crippen molar-refractivity contribution in [1.29, 1.82) is 0 Å². The second-order valence-electron chi connectivity index (χ2n) is 4.38. The molecule has 106 valence electrons. The number of nitrogens with one attached hydrogen (secondary N) is 1. The van der Waals surface area contributed by atoms with Gasteiger partial charge in [-0.15, -0.1) is 0 Å². The zero-order chi connectivity index (χ0) is 14.8. The maximum Gasteiger partial charge on any atom is 0.137 e. The molecule has 2 aromatic carbocycles. The SMILES string of the molecule is COc1ccc(-c2n[nH]nc2-c2cccc(Cl)c2)cc1Cl. The van der Waals surface area contributed by atoms with Crippen LogP contribution in [0.15, 0.2) is 42.5 Å². The molecule has 0 radical (unpaired) electrons. The number of aromatic nitrogens is 3. The highest BCUT2D eigenvalue weighted by Crippen LogP contribution is 2.33. The minimum Gasteiger partial charge on any atom is -0.495 e. The molecule has 0 bridgehead atoms. The summed E-state index contributed by atoms with van der Waals surface area (Å²) < 4.78 is 5.15. The average Bonchev–Trinajstić information content (AvgIpc) is 2.96. The second kappa shape index (κ2) is 5.76. The van der Waals surface area contributed by atoms with E-state index in [2.05, 4.69) is 15.4 Å². The Morgan fingerprint density at radius 3 is 2.29 bits per heavy atom. The summed E-state index contributed by atoms with van der Waals surface area (Å²) in [4.78, 5) is 0. The summed E-state index contributed by atoms with van der Waals surface area (Å²) >= 11 is 12.2. The van der Waals surface area contributed by atoms with Gasteiger partial charge in [-0.2, -0.15) is 15.4 Å². The Kier molecular flexibility index (Phi) is 3.82.